The van der Waals surface area contributed by atoms with Gasteiger partial charge in [0.2, 0.25) is 0 Å². The molecule has 2 heteroatoms. The summed E-state index contributed by atoms with van der Waals surface area (Å²) in [6.07, 6.45) is 7.11. The van der Waals surface area contributed by atoms with Crippen LogP contribution in [0.4, 0.5) is 17.1 Å². The van der Waals surface area contributed by atoms with Crippen molar-refractivity contribution in [3.8, 4) is 33.4 Å². The van der Waals surface area contributed by atoms with E-state index in [0.29, 0.717) is 0 Å². The molecule has 0 saturated heterocycles. The Balaban J connectivity index is 1.07. The summed E-state index contributed by atoms with van der Waals surface area (Å²) in [6, 6.07) is 61.8. The van der Waals surface area contributed by atoms with Gasteiger partial charge in [-0.05, 0) is 137 Å². The third-order valence-electron chi connectivity index (χ3n) is 13.8. The molecule has 0 aliphatic heterocycles. The largest absolute Gasteiger partial charge is 0.309 e. The van der Waals surface area contributed by atoms with Gasteiger partial charge in [-0.1, -0.05) is 121 Å². The van der Waals surface area contributed by atoms with Gasteiger partial charge in [0.05, 0.1) is 11.4 Å². The lowest BCUT2D eigenvalue weighted by molar-refractivity contribution is -0.0399. The van der Waals surface area contributed by atoms with Crippen LogP contribution in [-0.2, 0) is 5.41 Å². The monoisotopic (exact) mass is 711 g/mol. The maximum atomic E-state index is 2.57. The quantitative estimate of drug-likeness (QED) is 0.172. The number of fused-ring (bicyclic) bond motifs is 6. The summed E-state index contributed by atoms with van der Waals surface area (Å²) >= 11 is 1.88. The van der Waals surface area contributed by atoms with E-state index in [4.69, 9.17) is 0 Å². The first-order chi connectivity index (χ1) is 26.7. The number of thiophene rings is 1. The molecular weight excluding hydrogens is 671 g/mol. The van der Waals surface area contributed by atoms with Crippen molar-refractivity contribution in [2.24, 2.45) is 23.7 Å². The summed E-state index contributed by atoms with van der Waals surface area (Å²) in [5.41, 5.74) is 14.9. The average molecular weight is 712 g/mol. The Morgan fingerprint density at radius 1 is 0.444 bits per heavy atom. The lowest BCUT2D eigenvalue weighted by atomic mass is 9.43. The van der Waals surface area contributed by atoms with Gasteiger partial charge in [0.1, 0.15) is 0 Å². The van der Waals surface area contributed by atoms with Crippen molar-refractivity contribution in [3.05, 3.63) is 175 Å². The highest BCUT2D eigenvalue weighted by Crippen LogP contribution is 2.69. The van der Waals surface area contributed by atoms with Crippen molar-refractivity contribution in [1.29, 1.82) is 0 Å². The van der Waals surface area contributed by atoms with Crippen LogP contribution in [0.5, 0.6) is 0 Å². The fraction of sp³-hybridized carbons (Fsp3) is 0.192. The molecule has 5 aliphatic carbocycles. The Labute approximate surface area is 321 Å². The van der Waals surface area contributed by atoms with E-state index < -0.39 is 0 Å². The van der Waals surface area contributed by atoms with Crippen molar-refractivity contribution >= 4 is 48.6 Å². The molecule has 8 aromatic rings. The number of hydrogen-bond donors (Lipinski definition) is 0. The van der Waals surface area contributed by atoms with Crippen LogP contribution in [0.2, 0.25) is 0 Å². The zero-order chi connectivity index (χ0) is 35.4. The van der Waals surface area contributed by atoms with Gasteiger partial charge in [-0.2, -0.15) is 0 Å². The molecule has 4 saturated carbocycles. The van der Waals surface area contributed by atoms with Gasteiger partial charge in [0.15, 0.2) is 0 Å². The minimum atomic E-state index is 0.178. The van der Waals surface area contributed by atoms with Crippen molar-refractivity contribution in [2.75, 3.05) is 4.90 Å². The normalized spacial score (nSPS) is 23.3. The maximum absolute atomic E-state index is 2.57. The van der Waals surface area contributed by atoms with Gasteiger partial charge in [-0.15, -0.1) is 11.3 Å². The van der Waals surface area contributed by atoms with E-state index in [-0.39, 0.29) is 5.41 Å². The zero-order valence-corrected chi connectivity index (χ0v) is 31.1. The third kappa shape index (κ3) is 4.38. The van der Waals surface area contributed by atoms with E-state index in [1.54, 1.807) is 11.1 Å². The Morgan fingerprint density at radius 2 is 1.09 bits per heavy atom. The molecule has 0 amide bonds. The first-order valence-electron chi connectivity index (χ1n) is 19.9. The summed E-state index contributed by atoms with van der Waals surface area (Å²) in [6.45, 7) is 0. The van der Waals surface area contributed by atoms with Crippen LogP contribution in [0.15, 0.2) is 164 Å². The number of rotatable bonds is 5. The van der Waals surface area contributed by atoms with E-state index in [0.717, 1.165) is 29.4 Å². The number of benzene rings is 7. The zero-order valence-electron chi connectivity index (χ0n) is 30.3. The van der Waals surface area contributed by atoms with Crippen LogP contribution in [0, 0.1) is 23.7 Å². The lowest BCUT2D eigenvalue weighted by Crippen LogP contribution is -2.55. The van der Waals surface area contributed by atoms with Gasteiger partial charge >= 0.3 is 0 Å². The van der Waals surface area contributed by atoms with E-state index in [1.165, 1.54) is 97.0 Å². The van der Waals surface area contributed by atoms with Crippen LogP contribution in [0.3, 0.4) is 0 Å². The predicted octanol–water partition coefficient (Wildman–Crippen LogP) is 14.6. The number of nitrogens with zero attached hydrogens (tertiary/aromatic N) is 1. The summed E-state index contributed by atoms with van der Waals surface area (Å²) in [4.78, 5) is 2.53. The Kier molecular flexibility index (Phi) is 6.75. The van der Waals surface area contributed by atoms with Crippen molar-refractivity contribution < 1.29 is 0 Å². The molecule has 1 nitrogen and oxygen atoms in total. The van der Waals surface area contributed by atoms with Gasteiger partial charge in [0, 0.05) is 36.8 Å². The van der Waals surface area contributed by atoms with Crippen molar-refractivity contribution in [2.45, 2.75) is 37.5 Å². The van der Waals surface area contributed by atoms with Crippen molar-refractivity contribution in [1.82, 2.24) is 0 Å². The first kappa shape index (κ1) is 31.0. The highest BCUT2D eigenvalue weighted by Gasteiger charge is 2.61. The van der Waals surface area contributed by atoms with Crippen LogP contribution in [0.1, 0.15) is 43.2 Å². The van der Waals surface area contributed by atoms with E-state index >= 15 is 0 Å². The third-order valence-corrected chi connectivity index (χ3v) is 15.0. The summed E-state index contributed by atoms with van der Waals surface area (Å²) in [5.74, 6) is 3.42. The maximum Gasteiger partial charge on any atom is 0.0555 e. The van der Waals surface area contributed by atoms with E-state index in [1.807, 2.05) is 11.3 Å². The van der Waals surface area contributed by atoms with Gasteiger partial charge in [0.25, 0.3) is 0 Å². The lowest BCUT2D eigenvalue weighted by Gasteiger charge is -2.61. The van der Waals surface area contributed by atoms with Gasteiger partial charge in [-0.25, -0.2) is 0 Å². The fourth-order valence-corrected chi connectivity index (χ4v) is 13.2. The average Bonchev–Trinajstić information content (AvgIpc) is 3.75. The highest BCUT2D eigenvalue weighted by molar-refractivity contribution is 7.26. The minimum Gasteiger partial charge on any atom is -0.309 e. The number of para-hydroxylation sites is 1. The summed E-state index contributed by atoms with van der Waals surface area (Å²) in [5, 5.41) is 2.62. The molecule has 1 aromatic heterocycles. The van der Waals surface area contributed by atoms with Crippen molar-refractivity contribution in [3.63, 3.8) is 0 Å². The number of hydrogen-bond acceptors (Lipinski definition) is 2. The molecule has 54 heavy (non-hydrogen) atoms. The van der Waals surface area contributed by atoms with Crippen LogP contribution in [0.25, 0.3) is 53.6 Å². The smallest absolute Gasteiger partial charge is 0.0555 e. The molecule has 1 spiro atoms. The molecule has 260 valence electrons. The molecule has 13 rings (SSSR count). The Morgan fingerprint density at radius 3 is 1.94 bits per heavy atom. The SMILES string of the molecule is c1ccc(-c2cccc(N(c3ccccc3-c3ccc4c(c3)-c3ccccc3C43C4CC5CC(C4)CC3C5)c3cccc4sc5ccccc5c34)c2)cc1. The molecule has 0 atom stereocenters. The van der Waals surface area contributed by atoms with Crippen LogP contribution < -0.4 is 4.90 Å². The molecule has 4 bridgehead atoms. The molecule has 5 aliphatic rings. The first-order valence-corrected chi connectivity index (χ1v) is 20.8. The molecule has 4 fully saturated rings. The Bertz CT molecular complexity index is 2730. The standard InChI is InChI=1S/C52H41NS/c1-2-12-35(13-3-1)36-14-10-15-40(31-36)53(48-21-11-23-50-51(48)43-18-6-9-22-49(43)54-50)47-20-8-5-16-41(47)37-24-25-46-44(32-37)42-17-4-7-19-45(42)52(46)38-27-33-26-34(29-38)30-39(52)28-33/h1-25,31-34,38-39H,26-30H2. The van der Waals surface area contributed by atoms with Crippen LogP contribution >= 0.6 is 11.3 Å². The molecule has 1 heterocycles. The second-order valence-corrected chi connectivity index (χ2v) is 17.6. The second kappa shape index (κ2) is 11.8. The van der Waals surface area contributed by atoms with Gasteiger partial charge < -0.3 is 4.90 Å². The molecule has 7 aromatic carbocycles. The Hall–Kier alpha value is -5.44. The van der Waals surface area contributed by atoms with Gasteiger partial charge in [-0.3, -0.25) is 0 Å². The van der Waals surface area contributed by atoms with Crippen LogP contribution in [-0.4, -0.2) is 0 Å². The second-order valence-electron chi connectivity index (χ2n) is 16.5. The topological polar surface area (TPSA) is 3.24 Å². The fourth-order valence-electron chi connectivity index (χ4n) is 12.0. The highest BCUT2D eigenvalue weighted by atomic mass is 32.1. The predicted molar refractivity (Wildman–Crippen MR) is 228 cm³/mol. The van der Waals surface area contributed by atoms with E-state index in [2.05, 4.69) is 169 Å². The molecular formula is C52H41NS. The minimum absolute atomic E-state index is 0.178. The summed E-state index contributed by atoms with van der Waals surface area (Å²) in [7, 11) is 0. The summed E-state index contributed by atoms with van der Waals surface area (Å²) < 4.78 is 2.63. The van der Waals surface area contributed by atoms with E-state index in [9.17, 15) is 0 Å². The molecule has 0 unspecified atom stereocenters. The molecule has 0 radical (unpaired) electrons. The number of anilines is 3. The molecule has 0 N–H and O–H groups in total.